The average Bonchev–Trinajstić information content (AvgIpc) is 2.37. The van der Waals surface area contributed by atoms with Gasteiger partial charge >= 0.3 is 0 Å². The maximum atomic E-state index is 11.2. The van der Waals surface area contributed by atoms with Gasteiger partial charge in [0.05, 0.1) is 0 Å². The van der Waals surface area contributed by atoms with E-state index in [4.69, 9.17) is 4.55 Å². The summed E-state index contributed by atoms with van der Waals surface area (Å²) in [5.74, 6) is 0. The van der Waals surface area contributed by atoms with Gasteiger partial charge in [0.25, 0.3) is 10.1 Å². The molecule has 0 aliphatic carbocycles. The Morgan fingerprint density at radius 1 is 0.833 bits per heavy atom. The summed E-state index contributed by atoms with van der Waals surface area (Å²) in [4.78, 5) is 0. The maximum absolute atomic E-state index is 11.2. The largest absolute Gasteiger partial charge is 0.285 e. The Kier molecular flexibility index (Phi) is 4.12. The van der Waals surface area contributed by atoms with E-state index in [9.17, 15) is 8.42 Å². The van der Waals surface area contributed by atoms with Crippen molar-refractivity contribution in [3.05, 3.63) is 60.7 Å². The smallest absolute Gasteiger partial charge is 0.269 e. The van der Waals surface area contributed by atoms with Gasteiger partial charge in [-0.25, -0.2) is 0 Å². The Morgan fingerprint density at radius 3 is 1.56 bits per heavy atom. The first-order valence-electron chi connectivity index (χ1n) is 5.39. The molecule has 0 bridgehead atoms. The molecule has 18 heavy (non-hydrogen) atoms. The van der Waals surface area contributed by atoms with Crippen LogP contribution in [0.3, 0.4) is 0 Å². The van der Waals surface area contributed by atoms with Gasteiger partial charge in [0.1, 0.15) is 5.49 Å². The molecule has 0 saturated carbocycles. The van der Waals surface area contributed by atoms with E-state index in [0.717, 1.165) is 10.6 Å². The first kappa shape index (κ1) is 13.2. The Morgan fingerprint density at radius 2 is 1.22 bits per heavy atom. The minimum atomic E-state index is -3.99. The Bertz CT molecular complexity index is 557. The Hall–Kier alpha value is -1.22. The molecule has 2 aromatic carbocycles. The van der Waals surface area contributed by atoms with Gasteiger partial charge in [-0.15, -0.1) is 0 Å². The van der Waals surface area contributed by atoms with Gasteiger partial charge in [-0.1, -0.05) is 60.7 Å². The fraction of sp³-hybridized carbons (Fsp3) is 0.0769. The number of benzene rings is 2. The van der Waals surface area contributed by atoms with Crippen LogP contribution in [-0.4, -0.2) is 18.5 Å². The maximum Gasteiger partial charge on any atom is 0.269 e. The summed E-state index contributed by atoms with van der Waals surface area (Å²) in [6, 6.07) is 18.8. The van der Waals surface area contributed by atoms with Crippen molar-refractivity contribution >= 4 is 28.6 Å². The molecule has 5 heteroatoms. The molecule has 0 fully saturated rings. The molecular formula is C13H13O3PS. The molecule has 0 amide bonds. The van der Waals surface area contributed by atoms with Crippen molar-refractivity contribution in [2.75, 3.05) is 5.49 Å². The van der Waals surface area contributed by atoms with Crippen molar-refractivity contribution in [3.8, 4) is 0 Å². The van der Waals surface area contributed by atoms with E-state index in [1.54, 1.807) is 0 Å². The predicted molar refractivity (Wildman–Crippen MR) is 75.5 cm³/mol. The number of rotatable bonds is 4. The lowest BCUT2D eigenvalue weighted by Gasteiger charge is -2.16. The highest BCUT2D eigenvalue weighted by Gasteiger charge is 2.19. The summed E-state index contributed by atoms with van der Waals surface area (Å²) < 4.78 is 31.4. The second-order valence-corrected chi connectivity index (χ2v) is 7.90. The molecule has 0 aromatic heterocycles. The summed E-state index contributed by atoms with van der Waals surface area (Å²) in [7, 11) is -5.07. The summed E-state index contributed by atoms with van der Waals surface area (Å²) in [5, 5.41) is 1.88. The number of hydrogen-bond donors (Lipinski definition) is 1. The van der Waals surface area contributed by atoms with Crippen LogP contribution in [0.2, 0.25) is 0 Å². The van der Waals surface area contributed by atoms with Crippen molar-refractivity contribution in [2.45, 2.75) is 0 Å². The summed E-state index contributed by atoms with van der Waals surface area (Å²) in [6.07, 6.45) is 0. The van der Waals surface area contributed by atoms with Gasteiger partial charge in [0.15, 0.2) is 0 Å². The van der Waals surface area contributed by atoms with E-state index in [0.29, 0.717) is 0 Å². The molecule has 0 spiro atoms. The highest BCUT2D eigenvalue weighted by molar-refractivity contribution is 7.96. The first-order chi connectivity index (χ1) is 8.56. The van der Waals surface area contributed by atoms with Gasteiger partial charge in [0, 0.05) is 0 Å². The van der Waals surface area contributed by atoms with Crippen LogP contribution in [-0.2, 0) is 10.1 Å². The quantitative estimate of drug-likeness (QED) is 0.688. The molecule has 2 aromatic rings. The van der Waals surface area contributed by atoms with Gasteiger partial charge < -0.3 is 0 Å². The van der Waals surface area contributed by atoms with E-state index in [1.807, 2.05) is 60.7 Å². The molecule has 2 rings (SSSR count). The molecule has 0 aliphatic rings. The predicted octanol–water partition coefficient (Wildman–Crippen LogP) is 1.96. The van der Waals surface area contributed by atoms with E-state index < -0.39 is 18.0 Å². The third-order valence-electron chi connectivity index (χ3n) is 2.43. The second kappa shape index (κ2) is 5.61. The lowest BCUT2D eigenvalue weighted by molar-refractivity contribution is 0.489. The summed E-state index contributed by atoms with van der Waals surface area (Å²) in [5.41, 5.74) is -0.240. The molecule has 1 N–H and O–H groups in total. The van der Waals surface area contributed by atoms with Crippen molar-refractivity contribution in [2.24, 2.45) is 0 Å². The average molecular weight is 280 g/mol. The lowest BCUT2D eigenvalue weighted by Crippen LogP contribution is -2.18. The lowest BCUT2D eigenvalue weighted by atomic mass is 10.4. The van der Waals surface area contributed by atoms with Crippen LogP contribution in [0.1, 0.15) is 0 Å². The van der Waals surface area contributed by atoms with Crippen LogP contribution in [0.5, 0.6) is 0 Å². The van der Waals surface area contributed by atoms with Gasteiger partial charge in [0.2, 0.25) is 0 Å². The Labute approximate surface area is 108 Å². The highest BCUT2D eigenvalue weighted by atomic mass is 32.2. The molecule has 0 radical (unpaired) electrons. The molecule has 0 heterocycles. The van der Waals surface area contributed by atoms with Gasteiger partial charge in [-0.3, -0.25) is 4.55 Å². The zero-order valence-corrected chi connectivity index (χ0v) is 11.3. The fourth-order valence-corrected chi connectivity index (χ4v) is 5.54. The second-order valence-electron chi connectivity index (χ2n) is 3.81. The van der Waals surface area contributed by atoms with Crippen molar-refractivity contribution in [1.82, 2.24) is 0 Å². The molecule has 0 aliphatic heterocycles. The third-order valence-corrected chi connectivity index (χ3v) is 6.61. The Balaban J connectivity index is 2.42. The van der Waals surface area contributed by atoms with Crippen molar-refractivity contribution < 1.29 is 13.0 Å². The molecule has 94 valence electrons. The van der Waals surface area contributed by atoms with Gasteiger partial charge in [-0.05, 0) is 18.5 Å². The fourth-order valence-electron chi connectivity index (χ4n) is 1.68. The SMILES string of the molecule is O=S(=O)(O)CP(c1ccccc1)c1ccccc1. The molecule has 3 nitrogen and oxygen atoms in total. The van der Waals surface area contributed by atoms with Crippen LogP contribution >= 0.6 is 7.92 Å². The molecule has 0 atom stereocenters. The van der Waals surface area contributed by atoms with Crippen LogP contribution in [0.25, 0.3) is 0 Å². The monoisotopic (exact) mass is 280 g/mol. The molecule has 0 unspecified atom stereocenters. The zero-order valence-electron chi connectivity index (χ0n) is 9.60. The summed E-state index contributed by atoms with van der Waals surface area (Å²) >= 11 is 0. The van der Waals surface area contributed by atoms with Crippen molar-refractivity contribution in [3.63, 3.8) is 0 Å². The minimum absolute atomic E-state index is 0.240. The van der Waals surface area contributed by atoms with E-state index in [2.05, 4.69) is 0 Å². The topological polar surface area (TPSA) is 54.4 Å². The van der Waals surface area contributed by atoms with Crippen LogP contribution < -0.4 is 10.6 Å². The molecule has 0 saturated heterocycles. The summed E-state index contributed by atoms with van der Waals surface area (Å²) in [6.45, 7) is 0. The van der Waals surface area contributed by atoms with Crippen LogP contribution in [0, 0.1) is 0 Å². The third kappa shape index (κ3) is 3.64. The minimum Gasteiger partial charge on any atom is -0.285 e. The first-order valence-corrected chi connectivity index (χ1v) is 8.53. The van der Waals surface area contributed by atoms with Gasteiger partial charge in [-0.2, -0.15) is 8.42 Å². The molecular weight excluding hydrogens is 267 g/mol. The van der Waals surface area contributed by atoms with Crippen LogP contribution in [0.15, 0.2) is 60.7 Å². The van der Waals surface area contributed by atoms with E-state index in [1.165, 1.54) is 0 Å². The number of hydrogen-bond acceptors (Lipinski definition) is 2. The van der Waals surface area contributed by atoms with Crippen molar-refractivity contribution in [1.29, 1.82) is 0 Å². The van der Waals surface area contributed by atoms with Crippen LogP contribution in [0.4, 0.5) is 0 Å². The normalized spacial score (nSPS) is 11.7. The standard InChI is InChI=1S/C13H13O3PS/c14-18(15,16)11-17(12-7-3-1-4-8-12)13-9-5-2-6-10-13/h1-10H,11H2,(H,14,15,16). The van der Waals surface area contributed by atoms with E-state index >= 15 is 0 Å². The highest BCUT2D eigenvalue weighted by Crippen LogP contribution is 2.34. The zero-order chi connectivity index (χ0) is 13.0. The van der Waals surface area contributed by atoms with E-state index in [-0.39, 0.29) is 5.49 Å².